The summed E-state index contributed by atoms with van der Waals surface area (Å²) < 4.78 is 10.2. The van der Waals surface area contributed by atoms with E-state index in [0.717, 1.165) is 11.1 Å². The highest BCUT2D eigenvalue weighted by Gasteiger charge is 2.18. The molecular weight excluding hydrogens is 258 g/mol. The molecule has 0 bridgehead atoms. The van der Waals surface area contributed by atoms with Gasteiger partial charge in [-0.3, -0.25) is 4.79 Å². The number of amides is 1. The third kappa shape index (κ3) is 2.96. The van der Waals surface area contributed by atoms with Crippen molar-refractivity contribution in [2.45, 2.75) is 33.8 Å². The Bertz CT molecular complexity index is 622. The standard InChI is InChI=1S/C14H17N3O3/c1-8-6-5-7-12(9(8)2)19-11(4)14(18)15-13-10(3)16-20-17-13/h5-7,11H,1-4H3,(H,15,17,18). The predicted molar refractivity (Wildman–Crippen MR) is 73.7 cm³/mol. The van der Waals surface area contributed by atoms with E-state index in [1.165, 1.54) is 0 Å². The summed E-state index contributed by atoms with van der Waals surface area (Å²) in [5, 5.41) is 9.81. The number of hydrogen-bond donors (Lipinski definition) is 1. The molecule has 6 nitrogen and oxygen atoms in total. The summed E-state index contributed by atoms with van der Waals surface area (Å²) in [6, 6.07) is 5.74. The molecule has 2 aromatic rings. The summed E-state index contributed by atoms with van der Waals surface area (Å²) >= 11 is 0. The van der Waals surface area contributed by atoms with E-state index in [-0.39, 0.29) is 5.91 Å². The van der Waals surface area contributed by atoms with Crippen LogP contribution in [0, 0.1) is 20.8 Å². The van der Waals surface area contributed by atoms with Crippen LogP contribution in [0.3, 0.4) is 0 Å². The summed E-state index contributed by atoms with van der Waals surface area (Å²) in [6.45, 7) is 7.33. The number of aromatic nitrogens is 2. The van der Waals surface area contributed by atoms with Gasteiger partial charge in [-0.1, -0.05) is 17.3 Å². The zero-order valence-corrected chi connectivity index (χ0v) is 11.9. The maximum atomic E-state index is 12.0. The molecule has 0 saturated carbocycles. The van der Waals surface area contributed by atoms with E-state index >= 15 is 0 Å². The van der Waals surface area contributed by atoms with Crippen molar-refractivity contribution in [3.8, 4) is 5.75 Å². The lowest BCUT2D eigenvalue weighted by atomic mass is 10.1. The van der Waals surface area contributed by atoms with Gasteiger partial charge in [0.1, 0.15) is 11.4 Å². The van der Waals surface area contributed by atoms with Crippen LogP contribution in [0.25, 0.3) is 0 Å². The van der Waals surface area contributed by atoms with E-state index < -0.39 is 6.10 Å². The largest absolute Gasteiger partial charge is 0.481 e. The lowest BCUT2D eigenvalue weighted by Gasteiger charge is -2.16. The number of carbonyl (C=O) groups excluding carboxylic acids is 1. The normalized spacial score (nSPS) is 12.0. The van der Waals surface area contributed by atoms with Gasteiger partial charge in [-0.25, -0.2) is 4.63 Å². The molecule has 1 heterocycles. The van der Waals surface area contributed by atoms with Gasteiger partial charge in [0.25, 0.3) is 5.91 Å². The molecule has 20 heavy (non-hydrogen) atoms. The molecule has 2 rings (SSSR count). The van der Waals surface area contributed by atoms with Crippen LogP contribution in [0.15, 0.2) is 22.8 Å². The Balaban J connectivity index is 2.04. The average Bonchev–Trinajstić information content (AvgIpc) is 2.80. The second-order valence-corrected chi connectivity index (χ2v) is 4.65. The number of hydrogen-bond acceptors (Lipinski definition) is 5. The monoisotopic (exact) mass is 275 g/mol. The molecule has 106 valence electrons. The summed E-state index contributed by atoms with van der Waals surface area (Å²) in [5.74, 6) is 0.707. The number of ether oxygens (including phenoxy) is 1. The van der Waals surface area contributed by atoms with Crippen molar-refractivity contribution in [1.82, 2.24) is 10.3 Å². The third-order valence-electron chi connectivity index (χ3n) is 3.12. The smallest absolute Gasteiger partial charge is 0.266 e. The van der Waals surface area contributed by atoms with Gasteiger partial charge < -0.3 is 10.1 Å². The molecular formula is C14H17N3O3. The Kier molecular flexibility index (Phi) is 4.02. The van der Waals surface area contributed by atoms with Gasteiger partial charge in [-0.2, -0.15) is 0 Å². The van der Waals surface area contributed by atoms with Crippen molar-refractivity contribution in [1.29, 1.82) is 0 Å². The Morgan fingerprint density at radius 2 is 2.05 bits per heavy atom. The molecule has 1 aromatic heterocycles. The van der Waals surface area contributed by atoms with E-state index in [0.29, 0.717) is 17.3 Å². The second-order valence-electron chi connectivity index (χ2n) is 4.65. The van der Waals surface area contributed by atoms with Crippen molar-refractivity contribution < 1.29 is 14.2 Å². The number of rotatable bonds is 4. The lowest BCUT2D eigenvalue weighted by Crippen LogP contribution is -2.30. The minimum atomic E-state index is -0.647. The zero-order valence-electron chi connectivity index (χ0n) is 11.9. The van der Waals surface area contributed by atoms with Gasteiger partial charge in [-0.15, -0.1) is 0 Å². The third-order valence-corrected chi connectivity index (χ3v) is 3.12. The van der Waals surface area contributed by atoms with Crippen LogP contribution in [-0.4, -0.2) is 22.3 Å². The Labute approximate surface area is 117 Å². The van der Waals surface area contributed by atoms with Gasteiger partial charge >= 0.3 is 0 Å². The maximum Gasteiger partial charge on any atom is 0.266 e. The van der Waals surface area contributed by atoms with Crippen molar-refractivity contribution in [2.75, 3.05) is 5.32 Å². The molecule has 1 amide bonds. The Morgan fingerprint density at radius 1 is 1.30 bits per heavy atom. The summed E-state index contributed by atoms with van der Waals surface area (Å²) in [7, 11) is 0. The maximum absolute atomic E-state index is 12.0. The van der Waals surface area contributed by atoms with Crippen LogP contribution >= 0.6 is 0 Å². The van der Waals surface area contributed by atoms with E-state index in [1.807, 2.05) is 32.0 Å². The molecule has 0 radical (unpaired) electrons. The van der Waals surface area contributed by atoms with Gasteiger partial charge in [0.15, 0.2) is 11.9 Å². The van der Waals surface area contributed by atoms with Crippen molar-refractivity contribution in [3.63, 3.8) is 0 Å². The van der Waals surface area contributed by atoms with Crippen LogP contribution in [-0.2, 0) is 4.79 Å². The first-order valence-corrected chi connectivity index (χ1v) is 6.32. The lowest BCUT2D eigenvalue weighted by molar-refractivity contribution is -0.122. The van der Waals surface area contributed by atoms with Crippen LogP contribution in [0.2, 0.25) is 0 Å². The quantitative estimate of drug-likeness (QED) is 0.927. The van der Waals surface area contributed by atoms with Crippen molar-refractivity contribution >= 4 is 11.7 Å². The summed E-state index contributed by atoms with van der Waals surface area (Å²) in [5.41, 5.74) is 2.66. The highest BCUT2D eigenvalue weighted by molar-refractivity contribution is 5.93. The molecule has 1 aromatic carbocycles. The minimum absolute atomic E-state index is 0.301. The van der Waals surface area contributed by atoms with E-state index in [1.54, 1.807) is 13.8 Å². The molecule has 1 unspecified atom stereocenters. The van der Waals surface area contributed by atoms with Crippen molar-refractivity contribution in [2.24, 2.45) is 0 Å². The molecule has 0 aliphatic rings. The van der Waals surface area contributed by atoms with Gasteiger partial charge in [0, 0.05) is 0 Å². The minimum Gasteiger partial charge on any atom is -0.481 e. The zero-order chi connectivity index (χ0) is 14.7. The number of nitrogens with one attached hydrogen (secondary N) is 1. The van der Waals surface area contributed by atoms with Crippen LogP contribution in [0.4, 0.5) is 5.82 Å². The molecule has 0 aliphatic carbocycles. The van der Waals surface area contributed by atoms with Gasteiger partial charge in [0.2, 0.25) is 0 Å². The SMILES string of the molecule is Cc1cccc(OC(C)C(=O)Nc2nonc2C)c1C. The number of nitrogens with zero attached hydrogens (tertiary/aromatic N) is 2. The molecule has 0 aliphatic heterocycles. The van der Waals surface area contributed by atoms with Gasteiger partial charge in [0.05, 0.1) is 0 Å². The number of aryl methyl sites for hydroxylation is 2. The Hall–Kier alpha value is -2.37. The molecule has 1 N–H and O–H groups in total. The molecule has 0 saturated heterocycles. The highest BCUT2D eigenvalue weighted by atomic mass is 16.6. The predicted octanol–water partition coefficient (Wildman–Crippen LogP) is 2.40. The van der Waals surface area contributed by atoms with E-state index in [2.05, 4.69) is 20.3 Å². The number of carbonyl (C=O) groups is 1. The summed E-state index contributed by atoms with van der Waals surface area (Å²) in [6.07, 6.45) is -0.647. The number of anilines is 1. The average molecular weight is 275 g/mol. The fourth-order valence-electron chi connectivity index (χ4n) is 1.66. The first-order chi connectivity index (χ1) is 9.49. The van der Waals surface area contributed by atoms with Crippen molar-refractivity contribution in [3.05, 3.63) is 35.0 Å². The van der Waals surface area contributed by atoms with Crippen LogP contribution in [0.5, 0.6) is 5.75 Å². The Morgan fingerprint density at radius 3 is 2.70 bits per heavy atom. The van der Waals surface area contributed by atoms with E-state index in [4.69, 9.17) is 4.74 Å². The summed E-state index contributed by atoms with van der Waals surface area (Å²) in [4.78, 5) is 12.0. The van der Waals surface area contributed by atoms with Gasteiger partial charge in [-0.05, 0) is 50.0 Å². The van der Waals surface area contributed by atoms with Crippen LogP contribution in [0.1, 0.15) is 23.7 Å². The molecule has 6 heteroatoms. The molecule has 0 fully saturated rings. The molecule has 0 spiro atoms. The highest BCUT2D eigenvalue weighted by Crippen LogP contribution is 2.22. The topological polar surface area (TPSA) is 77.2 Å². The van der Waals surface area contributed by atoms with E-state index in [9.17, 15) is 4.79 Å². The first-order valence-electron chi connectivity index (χ1n) is 6.32. The number of benzene rings is 1. The fraction of sp³-hybridized carbons (Fsp3) is 0.357. The first kappa shape index (κ1) is 14.0. The fourth-order valence-corrected chi connectivity index (χ4v) is 1.66. The van der Waals surface area contributed by atoms with Crippen LogP contribution < -0.4 is 10.1 Å². The second kappa shape index (κ2) is 5.73. The molecule has 1 atom stereocenters.